The van der Waals surface area contributed by atoms with Crippen LogP contribution in [0.25, 0.3) is 21.3 Å². The van der Waals surface area contributed by atoms with Crippen LogP contribution in [0.5, 0.6) is 0 Å². The van der Waals surface area contributed by atoms with Gasteiger partial charge in [0.05, 0.1) is 23.2 Å². The van der Waals surface area contributed by atoms with Gasteiger partial charge in [-0.2, -0.15) is 0 Å². The van der Waals surface area contributed by atoms with Gasteiger partial charge in [-0.1, -0.05) is 30.0 Å². The van der Waals surface area contributed by atoms with Crippen molar-refractivity contribution < 1.29 is 9.53 Å². The molecular formula is C19H16N4O2S3. The molecule has 6 nitrogen and oxygen atoms in total. The summed E-state index contributed by atoms with van der Waals surface area (Å²) in [7, 11) is 3.36. The standard InChI is InChI=1S/C19H16N4O2S3/c1-23-16(15-4-3-9-26-15)21-22-19(23)28-11-14-10-27-17(20-14)12-5-7-13(8-6-12)18(24)25-2/h3-10H,11H2,1-2H3. The van der Waals surface area contributed by atoms with E-state index >= 15 is 0 Å². The molecule has 0 aliphatic heterocycles. The first-order chi connectivity index (χ1) is 13.7. The molecule has 0 atom stereocenters. The van der Waals surface area contributed by atoms with Crippen molar-refractivity contribution in [1.29, 1.82) is 0 Å². The molecule has 0 aliphatic carbocycles. The van der Waals surface area contributed by atoms with Crippen molar-refractivity contribution in [2.24, 2.45) is 7.05 Å². The van der Waals surface area contributed by atoms with Gasteiger partial charge in [-0.3, -0.25) is 0 Å². The van der Waals surface area contributed by atoms with Crippen molar-refractivity contribution in [2.45, 2.75) is 10.9 Å². The highest BCUT2D eigenvalue weighted by Gasteiger charge is 2.13. The summed E-state index contributed by atoms with van der Waals surface area (Å²) in [6.07, 6.45) is 0. The van der Waals surface area contributed by atoms with Crippen LogP contribution in [0.3, 0.4) is 0 Å². The molecule has 4 aromatic rings. The van der Waals surface area contributed by atoms with E-state index in [9.17, 15) is 4.79 Å². The lowest BCUT2D eigenvalue weighted by atomic mass is 10.1. The number of benzene rings is 1. The monoisotopic (exact) mass is 428 g/mol. The number of ether oxygens (including phenoxy) is 1. The zero-order chi connectivity index (χ0) is 19.5. The molecule has 3 aromatic heterocycles. The van der Waals surface area contributed by atoms with Gasteiger partial charge in [0.1, 0.15) is 5.01 Å². The van der Waals surface area contributed by atoms with Crippen LogP contribution in [0.4, 0.5) is 0 Å². The minimum absolute atomic E-state index is 0.339. The topological polar surface area (TPSA) is 69.9 Å². The molecule has 0 amide bonds. The van der Waals surface area contributed by atoms with Gasteiger partial charge >= 0.3 is 5.97 Å². The van der Waals surface area contributed by atoms with Crippen molar-refractivity contribution in [3.05, 3.63) is 58.4 Å². The number of hydrogen-bond donors (Lipinski definition) is 0. The predicted octanol–water partition coefficient (Wildman–Crippen LogP) is 4.75. The largest absolute Gasteiger partial charge is 0.465 e. The second-order valence-corrected chi connectivity index (χ2v) is 8.59. The fourth-order valence-electron chi connectivity index (χ4n) is 2.57. The first-order valence-corrected chi connectivity index (χ1v) is 11.1. The van der Waals surface area contributed by atoms with Gasteiger partial charge < -0.3 is 9.30 Å². The molecule has 3 heterocycles. The maximum Gasteiger partial charge on any atom is 0.337 e. The number of rotatable bonds is 6. The maximum atomic E-state index is 11.5. The lowest BCUT2D eigenvalue weighted by Gasteiger charge is -2.01. The van der Waals surface area contributed by atoms with Crippen LogP contribution >= 0.6 is 34.4 Å². The molecule has 0 saturated heterocycles. The Morgan fingerprint density at radius 2 is 2.00 bits per heavy atom. The zero-order valence-electron chi connectivity index (χ0n) is 15.2. The normalized spacial score (nSPS) is 10.9. The Labute approximate surface area is 174 Å². The highest BCUT2D eigenvalue weighted by Crippen LogP contribution is 2.30. The van der Waals surface area contributed by atoms with E-state index < -0.39 is 0 Å². The molecule has 0 aliphatic rings. The van der Waals surface area contributed by atoms with E-state index in [4.69, 9.17) is 9.72 Å². The summed E-state index contributed by atoms with van der Waals surface area (Å²) in [5, 5.41) is 14.5. The van der Waals surface area contributed by atoms with Gasteiger partial charge in [0.2, 0.25) is 0 Å². The Morgan fingerprint density at radius 1 is 1.18 bits per heavy atom. The Hall–Kier alpha value is -2.49. The van der Waals surface area contributed by atoms with Crippen molar-refractivity contribution in [1.82, 2.24) is 19.7 Å². The third kappa shape index (κ3) is 3.87. The van der Waals surface area contributed by atoms with Crippen LogP contribution < -0.4 is 0 Å². The predicted molar refractivity (Wildman–Crippen MR) is 113 cm³/mol. The highest BCUT2D eigenvalue weighted by molar-refractivity contribution is 7.98. The minimum Gasteiger partial charge on any atom is -0.465 e. The van der Waals surface area contributed by atoms with Gasteiger partial charge in [0.15, 0.2) is 11.0 Å². The van der Waals surface area contributed by atoms with Crippen molar-refractivity contribution in [3.63, 3.8) is 0 Å². The van der Waals surface area contributed by atoms with Crippen LogP contribution in [0.15, 0.2) is 52.3 Å². The van der Waals surface area contributed by atoms with E-state index in [-0.39, 0.29) is 5.97 Å². The van der Waals surface area contributed by atoms with E-state index in [0.29, 0.717) is 11.3 Å². The molecule has 0 spiro atoms. The molecule has 142 valence electrons. The summed E-state index contributed by atoms with van der Waals surface area (Å²) in [5.74, 6) is 1.25. The van der Waals surface area contributed by atoms with E-state index in [1.54, 1.807) is 46.6 Å². The van der Waals surface area contributed by atoms with E-state index in [1.165, 1.54) is 7.11 Å². The van der Waals surface area contributed by atoms with Crippen molar-refractivity contribution >= 4 is 40.4 Å². The number of thiophene rings is 1. The fraction of sp³-hybridized carbons (Fsp3) is 0.158. The Balaban J connectivity index is 1.44. The summed E-state index contributed by atoms with van der Waals surface area (Å²) >= 11 is 4.85. The molecule has 0 unspecified atom stereocenters. The Bertz CT molecular complexity index is 1090. The third-order valence-electron chi connectivity index (χ3n) is 4.03. The molecule has 0 radical (unpaired) electrons. The summed E-state index contributed by atoms with van der Waals surface area (Å²) in [6, 6.07) is 11.3. The molecule has 9 heteroatoms. The lowest BCUT2D eigenvalue weighted by Crippen LogP contribution is -2.00. The highest BCUT2D eigenvalue weighted by atomic mass is 32.2. The molecule has 0 saturated carbocycles. The molecule has 0 bridgehead atoms. The van der Waals surface area contributed by atoms with Crippen LogP contribution in [0, 0.1) is 0 Å². The van der Waals surface area contributed by atoms with Crippen LogP contribution in [0.1, 0.15) is 16.1 Å². The number of hydrogen-bond acceptors (Lipinski definition) is 8. The number of methoxy groups -OCH3 is 1. The number of carbonyl (C=O) groups excluding carboxylic acids is 1. The summed E-state index contributed by atoms with van der Waals surface area (Å²) in [6.45, 7) is 0. The van der Waals surface area contributed by atoms with Crippen molar-refractivity contribution in [3.8, 4) is 21.3 Å². The summed E-state index contributed by atoms with van der Waals surface area (Å²) < 4.78 is 6.74. The number of nitrogens with zero attached hydrogens (tertiary/aromatic N) is 4. The number of aromatic nitrogens is 4. The quantitative estimate of drug-likeness (QED) is 0.326. The zero-order valence-corrected chi connectivity index (χ0v) is 17.6. The van der Waals surface area contributed by atoms with E-state index in [0.717, 1.165) is 32.1 Å². The second kappa shape index (κ2) is 8.26. The summed E-state index contributed by atoms with van der Waals surface area (Å²) in [5.41, 5.74) is 2.50. The van der Waals surface area contributed by atoms with Crippen molar-refractivity contribution in [2.75, 3.05) is 7.11 Å². The molecule has 28 heavy (non-hydrogen) atoms. The Morgan fingerprint density at radius 3 is 2.71 bits per heavy atom. The summed E-state index contributed by atoms with van der Waals surface area (Å²) in [4.78, 5) is 17.3. The second-order valence-electron chi connectivity index (χ2n) is 5.84. The molecule has 0 fully saturated rings. The fourth-order valence-corrected chi connectivity index (χ4v) is 5.05. The Kier molecular flexibility index (Phi) is 5.56. The van der Waals surface area contributed by atoms with Crippen LogP contribution in [-0.4, -0.2) is 32.8 Å². The van der Waals surface area contributed by atoms with E-state index in [2.05, 4.69) is 10.2 Å². The number of thiazole rings is 1. The van der Waals surface area contributed by atoms with E-state index in [1.807, 2.05) is 46.6 Å². The van der Waals surface area contributed by atoms with Gasteiger partial charge in [-0.05, 0) is 23.6 Å². The number of thioether (sulfide) groups is 1. The number of esters is 1. The van der Waals surface area contributed by atoms with Crippen LogP contribution in [0.2, 0.25) is 0 Å². The first kappa shape index (κ1) is 18.9. The smallest absolute Gasteiger partial charge is 0.337 e. The molecule has 0 N–H and O–H groups in total. The van der Waals surface area contributed by atoms with Crippen LogP contribution in [-0.2, 0) is 17.5 Å². The SMILES string of the molecule is COC(=O)c1ccc(-c2nc(CSc3nnc(-c4cccs4)n3C)cs2)cc1. The molecule has 4 rings (SSSR count). The first-order valence-electron chi connectivity index (χ1n) is 8.35. The van der Waals surface area contributed by atoms with Gasteiger partial charge in [0.25, 0.3) is 0 Å². The maximum absolute atomic E-state index is 11.5. The third-order valence-corrected chi connectivity index (χ3v) is 6.89. The lowest BCUT2D eigenvalue weighted by molar-refractivity contribution is 0.0601. The number of carbonyl (C=O) groups is 1. The average molecular weight is 429 g/mol. The van der Waals surface area contributed by atoms with Gasteiger partial charge in [-0.25, -0.2) is 9.78 Å². The minimum atomic E-state index is -0.339. The average Bonchev–Trinajstić information content (AvgIpc) is 3.47. The molecular weight excluding hydrogens is 412 g/mol. The molecule has 1 aromatic carbocycles. The van der Waals surface area contributed by atoms with Gasteiger partial charge in [-0.15, -0.1) is 32.9 Å². The van der Waals surface area contributed by atoms with Gasteiger partial charge in [0, 0.05) is 23.7 Å².